The predicted molar refractivity (Wildman–Crippen MR) is 98.1 cm³/mol. The molecule has 0 aliphatic carbocycles. The number of benzene rings is 1. The van der Waals surface area contributed by atoms with Gasteiger partial charge < -0.3 is 29.9 Å². The smallest absolute Gasteiger partial charge is 0.466 e. The molecule has 1 saturated heterocycles. The van der Waals surface area contributed by atoms with Crippen molar-refractivity contribution in [1.82, 2.24) is 0 Å². The lowest BCUT2D eigenvalue weighted by Crippen LogP contribution is -2.57. The topological polar surface area (TPSA) is 175 Å². The quantitative estimate of drug-likeness (QED) is 0.151. The van der Waals surface area contributed by atoms with Crippen molar-refractivity contribution in [3.8, 4) is 5.75 Å². The van der Waals surface area contributed by atoms with Crippen molar-refractivity contribution < 1.29 is 47.2 Å². The van der Waals surface area contributed by atoms with Crippen LogP contribution in [0.2, 0.25) is 0 Å². The van der Waals surface area contributed by atoms with E-state index in [4.69, 9.17) is 14.0 Å². The largest absolute Gasteiger partial charge is 0.497 e. The van der Waals surface area contributed by atoms with Crippen molar-refractivity contribution in [2.24, 2.45) is 5.16 Å². The molecule has 0 aromatic heterocycles. The lowest BCUT2D eigenvalue weighted by atomic mass is 10.0. The summed E-state index contributed by atoms with van der Waals surface area (Å²) in [5.41, 5.74) is -0.570. The van der Waals surface area contributed by atoms with Crippen LogP contribution in [-0.2, 0) is 25.8 Å². The van der Waals surface area contributed by atoms with Crippen LogP contribution >= 0.6 is 11.8 Å². The molecule has 2 rings (SSSR count). The van der Waals surface area contributed by atoms with Crippen molar-refractivity contribution in [1.29, 1.82) is 0 Å². The molecule has 13 heteroatoms. The average molecular weight is 439 g/mol. The second-order valence-electron chi connectivity index (χ2n) is 5.83. The number of hydrogen-bond donors (Lipinski definition) is 5. The van der Waals surface area contributed by atoms with Gasteiger partial charge in [-0.2, -0.15) is 8.42 Å². The van der Waals surface area contributed by atoms with Crippen LogP contribution in [0.4, 0.5) is 0 Å². The molecule has 0 saturated carbocycles. The summed E-state index contributed by atoms with van der Waals surface area (Å²) in [6.07, 6.45) is -5.85. The van der Waals surface area contributed by atoms with Gasteiger partial charge in [0.15, 0.2) is 0 Å². The fourth-order valence-electron chi connectivity index (χ4n) is 2.44. The summed E-state index contributed by atoms with van der Waals surface area (Å²) in [7, 11) is -3.40. The highest BCUT2D eigenvalue weighted by Gasteiger charge is 2.44. The first kappa shape index (κ1) is 22.8. The van der Waals surface area contributed by atoms with E-state index in [-0.39, 0.29) is 11.5 Å². The van der Waals surface area contributed by atoms with Gasteiger partial charge in [0.2, 0.25) is 0 Å². The van der Waals surface area contributed by atoms with E-state index < -0.39 is 46.9 Å². The van der Waals surface area contributed by atoms with Gasteiger partial charge in [0.25, 0.3) is 0 Å². The van der Waals surface area contributed by atoms with Gasteiger partial charge in [-0.05, 0) is 17.7 Å². The van der Waals surface area contributed by atoms with Crippen LogP contribution in [0.1, 0.15) is 5.56 Å². The number of ether oxygens (including phenoxy) is 2. The molecule has 11 nitrogen and oxygen atoms in total. The van der Waals surface area contributed by atoms with E-state index in [9.17, 15) is 28.8 Å². The zero-order valence-corrected chi connectivity index (χ0v) is 16.3. The van der Waals surface area contributed by atoms with E-state index in [1.165, 1.54) is 7.11 Å². The molecule has 1 aromatic carbocycles. The van der Waals surface area contributed by atoms with E-state index in [1.54, 1.807) is 24.3 Å². The summed E-state index contributed by atoms with van der Waals surface area (Å²) in [6, 6.07) is 6.73. The van der Waals surface area contributed by atoms with Crippen LogP contribution in [0, 0.1) is 0 Å². The van der Waals surface area contributed by atoms with Gasteiger partial charge in [-0.3, -0.25) is 4.55 Å². The summed E-state index contributed by atoms with van der Waals surface area (Å²) in [6.45, 7) is -0.619. The van der Waals surface area contributed by atoms with Gasteiger partial charge in [-0.25, -0.2) is 4.28 Å². The first-order chi connectivity index (χ1) is 13.1. The standard InChI is InChI=1S/C15H21NO10S2/c1-24-9-4-2-3-8(5-9)6-11(16-26-28(21,22)23)27-15-14(20)13(19)12(18)10(7-17)25-15/h2-5,10,12-15,17-20H,6-7H2,1H3,(H,21,22,23)/b16-11-/t10?,12-,13?,14+,15+/m1/s1. The number of aliphatic hydroxyl groups excluding tert-OH is 4. The minimum Gasteiger partial charge on any atom is -0.497 e. The second kappa shape index (κ2) is 9.84. The molecule has 0 radical (unpaired) electrons. The van der Waals surface area contributed by atoms with Crippen LogP contribution in [0.5, 0.6) is 5.75 Å². The van der Waals surface area contributed by atoms with Crippen LogP contribution in [0.3, 0.4) is 0 Å². The molecule has 1 heterocycles. The normalized spacial score (nSPS) is 28.8. The van der Waals surface area contributed by atoms with Crippen molar-refractivity contribution >= 4 is 27.2 Å². The molecule has 5 N–H and O–H groups in total. The molecule has 158 valence electrons. The summed E-state index contributed by atoms with van der Waals surface area (Å²) < 4.78 is 45.0. The van der Waals surface area contributed by atoms with E-state index in [1.807, 2.05) is 0 Å². The first-order valence-corrected chi connectivity index (χ1v) is 10.2. The Bertz CT molecular complexity index is 785. The lowest BCUT2D eigenvalue weighted by Gasteiger charge is -2.39. The van der Waals surface area contributed by atoms with Gasteiger partial charge in [0.05, 0.1) is 13.7 Å². The molecular formula is C15H21NO10S2. The fourth-order valence-corrected chi connectivity index (χ4v) is 3.77. The average Bonchev–Trinajstić information content (AvgIpc) is 2.66. The molecular weight excluding hydrogens is 418 g/mol. The number of nitrogens with zero attached hydrogens (tertiary/aromatic N) is 1. The van der Waals surface area contributed by atoms with Crippen molar-refractivity contribution in [3.63, 3.8) is 0 Å². The zero-order chi connectivity index (χ0) is 20.9. The maximum Gasteiger partial charge on any atom is 0.466 e. The third-order valence-corrected chi connectivity index (χ3v) is 5.20. The van der Waals surface area contributed by atoms with Crippen LogP contribution in [-0.4, -0.2) is 82.0 Å². The molecule has 1 aliphatic rings. The van der Waals surface area contributed by atoms with Crippen molar-refractivity contribution in [2.75, 3.05) is 13.7 Å². The molecule has 5 atom stereocenters. The van der Waals surface area contributed by atoms with Crippen LogP contribution in [0.25, 0.3) is 0 Å². The van der Waals surface area contributed by atoms with E-state index in [0.29, 0.717) is 23.1 Å². The molecule has 0 spiro atoms. The highest BCUT2D eigenvalue weighted by atomic mass is 32.3. The van der Waals surface area contributed by atoms with Crippen LogP contribution < -0.4 is 4.74 Å². The molecule has 1 aromatic rings. The molecule has 0 bridgehead atoms. The Kier molecular flexibility index (Phi) is 8.03. The van der Waals surface area contributed by atoms with Gasteiger partial charge in [0.1, 0.15) is 40.6 Å². The molecule has 0 amide bonds. The molecule has 1 aliphatic heterocycles. The highest BCUT2D eigenvalue weighted by molar-refractivity contribution is 8.14. The third kappa shape index (κ3) is 6.28. The van der Waals surface area contributed by atoms with Gasteiger partial charge in [-0.1, -0.05) is 29.1 Å². The molecule has 1 fully saturated rings. The number of hydrogen-bond acceptors (Lipinski definition) is 11. The minimum absolute atomic E-state index is 0.00636. The Labute approximate surface area is 165 Å². The van der Waals surface area contributed by atoms with Crippen molar-refractivity contribution in [2.45, 2.75) is 36.3 Å². The molecule has 2 unspecified atom stereocenters. The SMILES string of the molecule is COc1cccc(C/C(=N/OS(=O)(=O)O)S[C@@H]2OC(CO)[C@@H](O)C(O)[C@@H]2O)c1. The monoisotopic (exact) mass is 439 g/mol. The summed E-state index contributed by atoms with van der Waals surface area (Å²) in [5.74, 6) is 0.533. The second-order valence-corrected chi connectivity index (χ2v) is 8.01. The third-order valence-electron chi connectivity index (χ3n) is 3.82. The Morgan fingerprint density at radius 3 is 2.57 bits per heavy atom. The van der Waals surface area contributed by atoms with E-state index in [2.05, 4.69) is 9.44 Å². The molecule has 28 heavy (non-hydrogen) atoms. The Morgan fingerprint density at radius 1 is 1.25 bits per heavy atom. The number of oxime groups is 1. The highest BCUT2D eigenvalue weighted by Crippen LogP contribution is 2.30. The van der Waals surface area contributed by atoms with Crippen molar-refractivity contribution in [3.05, 3.63) is 29.8 Å². The number of thioether (sulfide) groups is 1. The van der Waals surface area contributed by atoms with E-state index in [0.717, 1.165) is 0 Å². The van der Waals surface area contributed by atoms with Gasteiger partial charge >= 0.3 is 10.4 Å². The number of rotatable bonds is 7. The summed E-state index contributed by atoms with van der Waals surface area (Å²) in [4.78, 5) is 0. The van der Waals surface area contributed by atoms with Crippen LogP contribution in [0.15, 0.2) is 29.4 Å². The zero-order valence-electron chi connectivity index (χ0n) is 14.7. The predicted octanol–water partition coefficient (Wildman–Crippen LogP) is -1.10. The summed E-state index contributed by atoms with van der Waals surface area (Å²) in [5, 5.41) is 42.4. The van der Waals surface area contributed by atoms with Gasteiger partial charge in [0, 0.05) is 6.42 Å². The van der Waals surface area contributed by atoms with Gasteiger partial charge in [-0.15, -0.1) is 0 Å². The number of methoxy groups -OCH3 is 1. The minimum atomic E-state index is -4.87. The Hall–Kier alpha value is -1.45. The van der Waals surface area contributed by atoms with E-state index >= 15 is 0 Å². The first-order valence-electron chi connectivity index (χ1n) is 7.97. The Morgan fingerprint density at radius 2 is 1.96 bits per heavy atom. The summed E-state index contributed by atoms with van der Waals surface area (Å²) >= 11 is 0.702. The fraction of sp³-hybridized carbons (Fsp3) is 0.533. The Balaban J connectivity index is 2.23. The lowest BCUT2D eigenvalue weighted by molar-refractivity contribution is -0.205. The maximum absolute atomic E-state index is 10.8. The maximum atomic E-state index is 10.8. The number of aliphatic hydroxyl groups is 4.